The highest BCUT2D eigenvalue weighted by Gasteiger charge is 2.43. The Bertz CT molecular complexity index is 506. The van der Waals surface area contributed by atoms with Crippen LogP contribution < -0.4 is 0 Å². The lowest BCUT2D eigenvalue weighted by Crippen LogP contribution is -2.21. The van der Waals surface area contributed by atoms with Crippen molar-refractivity contribution in [1.29, 1.82) is 0 Å². The second-order valence-electron chi connectivity index (χ2n) is 6.12. The molecule has 0 N–H and O–H groups in total. The van der Waals surface area contributed by atoms with Gasteiger partial charge in [0.25, 0.3) is 0 Å². The number of rotatable bonds is 2. The van der Waals surface area contributed by atoms with Crippen molar-refractivity contribution in [2.75, 3.05) is 0 Å². The van der Waals surface area contributed by atoms with E-state index in [9.17, 15) is 4.79 Å². The van der Waals surface area contributed by atoms with Gasteiger partial charge >= 0.3 is 0 Å². The number of fused-ring (bicyclic) bond motifs is 3. The molecule has 0 aromatic heterocycles. The predicted octanol–water partition coefficient (Wildman–Crippen LogP) is 3.34. The van der Waals surface area contributed by atoms with E-state index in [4.69, 9.17) is 4.74 Å². The van der Waals surface area contributed by atoms with Gasteiger partial charge in [-0.1, -0.05) is 18.6 Å². The highest BCUT2D eigenvalue weighted by molar-refractivity contribution is 5.98. The molecule has 1 aromatic carbocycles. The molecule has 0 amide bonds. The minimum Gasteiger partial charge on any atom is -0.372 e. The molecule has 3 aliphatic rings. The van der Waals surface area contributed by atoms with E-state index < -0.39 is 0 Å². The highest BCUT2D eigenvalue weighted by atomic mass is 16.5. The van der Waals surface area contributed by atoms with Crippen LogP contribution in [0.15, 0.2) is 18.2 Å². The summed E-state index contributed by atoms with van der Waals surface area (Å²) in [5.41, 5.74) is 3.38. The van der Waals surface area contributed by atoms with Crippen LogP contribution in [0.25, 0.3) is 0 Å². The number of hydrogen-bond donors (Lipinski definition) is 0. The zero-order chi connectivity index (χ0) is 12.1. The monoisotopic (exact) mass is 242 g/mol. The summed E-state index contributed by atoms with van der Waals surface area (Å²) >= 11 is 0. The van der Waals surface area contributed by atoms with E-state index in [1.807, 2.05) is 6.07 Å². The summed E-state index contributed by atoms with van der Waals surface area (Å²) in [6.07, 6.45) is 5.06. The largest absolute Gasteiger partial charge is 0.372 e. The fourth-order valence-electron chi connectivity index (χ4n) is 4.11. The van der Waals surface area contributed by atoms with E-state index in [2.05, 4.69) is 12.1 Å². The number of carbonyl (C=O) groups excluding carboxylic acids is 1. The Morgan fingerprint density at radius 2 is 2.00 bits per heavy atom. The maximum atomic E-state index is 12.6. The second-order valence-corrected chi connectivity index (χ2v) is 6.12. The van der Waals surface area contributed by atoms with Gasteiger partial charge in [0, 0.05) is 11.5 Å². The van der Waals surface area contributed by atoms with Crippen molar-refractivity contribution in [3.05, 3.63) is 34.9 Å². The lowest BCUT2D eigenvalue weighted by Gasteiger charge is -2.20. The Kier molecular flexibility index (Phi) is 2.34. The molecule has 3 unspecified atom stereocenters. The maximum absolute atomic E-state index is 12.6. The molecule has 3 atom stereocenters. The summed E-state index contributed by atoms with van der Waals surface area (Å²) in [6.45, 7) is 1.38. The van der Waals surface area contributed by atoms with E-state index in [-0.39, 0.29) is 0 Å². The summed E-state index contributed by atoms with van der Waals surface area (Å²) in [4.78, 5) is 12.6. The molecule has 1 aromatic rings. The standard InChI is InChI=1S/C16H18O2/c17-16(15-6-10-1-2-11(15)5-10)12-3-4-13-8-18-9-14(13)7-12/h3-4,7,10-11,15H,1-2,5-6,8-9H2. The van der Waals surface area contributed by atoms with Crippen molar-refractivity contribution >= 4 is 5.78 Å². The van der Waals surface area contributed by atoms with Crippen molar-refractivity contribution in [1.82, 2.24) is 0 Å². The zero-order valence-corrected chi connectivity index (χ0v) is 10.5. The van der Waals surface area contributed by atoms with Gasteiger partial charge in [-0.05, 0) is 48.3 Å². The van der Waals surface area contributed by atoms with Crippen molar-refractivity contribution < 1.29 is 9.53 Å². The number of ketones is 1. The Balaban J connectivity index is 1.61. The van der Waals surface area contributed by atoms with Crippen molar-refractivity contribution in [2.45, 2.75) is 38.9 Å². The number of carbonyl (C=O) groups is 1. The minimum atomic E-state index is 0.309. The number of Topliss-reactive ketones (excluding diaryl/α,β-unsaturated/α-hetero) is 1. The summed E-state index contributed by atoms with van der Waals surface area (Å²) in [6, 6.07) is 6.14. The summed E-state index contributed by atoms with van der Waals surface area (Å²) < 4.78 is 5.41. The van der Waals surface area contributed by atoms with Crippen LogP contribution >= 0.6 is 0 Å². The molecule has 18 heavy (non-hydrogen) atoms. The fraction of sp³-hybridized carbons (Fsp3) is 0.562. The third-order valence-corrected chi connectivity index (χ3v) is 5.08. The summed E-state index contributed by atoms with van der Waals surface area (Å²) in [5, 5.41) is 0. The molecule has 2 heteroatoms. The maximum Gasteiger partial charge on any atom is 0.166 e. The van der Waals surface area contributed by atoms with E-state index in [0.717, 1.165) is 17.9 Å². The van der Waals surface area contributed by atoms with Gasteiger partial charge in [-0.2, -0.15) is 0 Å². The molecule has 2 aliphatic carbocycles. The molecular weight excluding hydrogens is 224 g/mol. The van der Waals surface area contributed by atoms with E-state index in [1.54, 1.807) is 0 Å². The van der Waals surface area contributed by atoms with Crippen LogP contribution in [-0.4, -0.2) is 5.78 Å². The lowest BCUT2D eigenvalue weighted by atomic mass is 9.83. The van der Waals surface area contributed by atoms with Crippen LogP contribution in [0.4, 0.5) is 0 Å². The first-order valence-electron chi connectivity index (χ1n) is 7.05. The molecule has 94 valence electrons. The quantitative estimate of drug-likeness (QED) is 0.743. The molecule has 0 spiro atoms. The lowest BCUT2D eigenvalue weighted by molar-refractivity contribution is 0.0874. The molecule has 2 bridgehead atoms. The predicted molar refractivity (Wildman–Crippen MR) is 68.2 cm³/mol. The molecule has 1 aliphatic heterocycles. The van der Waals surface area contributed by atoms with Crippen LogP contribution in [0, 0.1) is 17.8 Å². The van der Waals surface area contributed by atoms with Crippen molar-refractivity contribution in [2.24, 2.45) is 17.8 Å². The second kappa shape index (κ2) is 3.92. The number of hydrogen-bond acceptors (Lipinski definition) is 2. The normalized spacial score (nSPS) is 32.8. The molecule has 2 nitrogen and oxygen atoms in total. The van der Waals surface area contributed by atoms with Gasteiger partial charge in [-0.3, -0.25) is 4.79 Å². The van der Waals surface area contributed by atoms with Gasteiger partial charge < -0.3 is 4.74 Å². The Morgan fingerprint density at radius 3 is 2.78 bits per heavy atom. The Labute approximate surface area is 107 Å². The average Bonchev–Trinajstić information content (AvgIpc) is 3.12. The SMILES string of the molecule is O=C(c1ccc2c(c1)COC2)C1CC2CCC1C2. The molecule has 2 saturated carbocycles. The zero-order valence-electron chi connectivity index (χ0n) is 10.5. The van der Waals surface area contributed by atoms with Crippen LogP contribution in [0.1, 0.15) is 47.2 Å². The Morgan fingerprint density at radius 1 is 1.11 bits per heavy atom. The highest BCUT2D eigenvalue weighted by Crippen LogP contribution is 2.49. The topological polar surface area (TPSA) is 26.3 Å². The van der Waals surface area contributed by atoms with E-state index >= 15 is 0 Å². The van der Waals surface area contributed by atoms with Gasteiger partial charge in [-0.15, -0.1) is 0 Å². The van der Waals surface area contributed by atoms with Crippen LogP contribution in [-0.2, 0) is 18.0 Å². The molecule has 0 saturated heterocycles. The smallest absolute Gasteiger partial charge is 0.166 e. The first kappa shape index (κ1) is 10.7. The van der Waals surface area contributed by atoms with Crippen LogP contribution in [0.5, 0.6) is 0 Å². The molecule has 4 rings (SSSR count). The molecule has 2 fully saturated rings. The third-order valence-electron chi connectivity index (χ3n) is 5.08. The minimum absolute atomic E-state index is 0.309. The van der Waals surface area contributed by atoms with Gasteiger partial charge in [0.05, 0.1) is 13.2 Å². The van der Waals surface area contributed by atoms with E-state index in [1.165, 1.54) is 30.4 Å². The summed E-state index contributed by atoms with van der Waals surface area (Å²) in [7, 11) is 0. The van der Waals surface area contributed by atoms with Gasteiger partial charge in [0.1, 0.15) is 0 Å². The molecule has 1 heterocycles. The average molecular weight is 242 g/mol. The van der Waals surface area contributed by atoms with Crippen molar-refractivity contribution in [3.8, 4) is 0 Å². The van der Waals surface area contributed by atoms with Crippen LogP contribution in [0.2, 0.25) is 0 Å². The van der Waals surface area contributed by atoms with Crippen LogP contribution in [0.3, 0.4) is 0 Å². The number of benzene rings is 1. The first-order valence-corrected chi connectivity index (χ1v) is 7.05. The summed E-state index contributed by atoms with van der Waals surface area (Å²) in [5.74, 6) is 2.20. The molecular formula is C16H18O2. The Hall–Kier alpha value is -1.15. The van der Waals surface area contributed by atoms with Gasteiger partial charge in [0.15, 0.2) is 5.78 Å². The number of ether oxygens (including phenoxy) is 1. The van der Waals surface area contributed by atoms with E-state index in [0.29, 0.717) is 30.8 Å². The first-order chi connectivity index (χ1) is 8.81. The van der Waals surface area contributed by atoms with Gasteiger partial charge in [-0.25, -0.2) is 0 Å². The third kappa shape index (κ3) is 1.55. The fourth-order valence-corrected chi connectivity index (χ4v) is 4.11. The molecule has 0 radical (unpaired) electrons. The van der Waals surface area contributed by atoms with Crippen molar-refractivity contribution in [3.63, 3.8) is 0 Å². The van der Waals surface area contributed by atoms with Gasteiger partial charge in [0.2, 0.25) is 0 Å².